The molecule has 0 spiro atoms. The van der Waals surface area contributed by atoms with E-state index < -0.39 is 0 Å². The molecule has 0 saturated carbocycles. The fraction of sp³-hybridized carbons (Fsp3) is 0.333. The molecule has 0 amide bonds. The van der Waals surface area contributed by atoms with Gasteiger partial charge in [0.15, 0.2) is 0 Å². The molecule has 14 heteroatoms. The monoisotopic (exact) mass is 592 g/mol. The molecule has 0 aliphatic heterocycles. The largest absolute Gasteiger partial charge is 1.00 e. The molecule has 168 valence electrons. The molecule has 0 aliphatic carbocycles. The summed E-state index contributed by atoms with van der Waals surface area (Å²) in [4.78, 5) is 4.14. The van der Waals surface area contributed by atoms with Gasteiger partial charge >= 0.3 is 29.6 Å². The molecular formula is C18H18BrCl4N6NaO2. The Kier molecular flexibility index (Phi) is 23.1. The maximum absolute atomic E-state index is 8.04. The van der Waals surface area contributed by atoms with Gasteiger partial charge < -0.3 is 20.5 Å². The van der Waals surface area contributed by atoms with E-state index in [4.69, 9.17) is 72.5 Å². The Morgan fingerprint density at radius 3 is 1.62 bits per heavy atom. The number of ether oxygens (including phenoxy) is 2. The zero-order valence-electron chi connectivity index (χ0n) is 17.1. The van der Waals surface area contributed by atoms with Crippen molar-refractivity contribution < 1.29 is 39.0 Å². The summed E-state index contributed by atoms with van der Waals surface area (Å²) in [5.41, 5.74) is 21.5. The van der Waals surface area contributed by atoms with E-state index in [2.05, 4.69) is 26.0 Å². The number of azide groups is 1. The Morgan fingerprint density at radius 2 is 1.25 bits per heavy atom. The van der Waals surface area contributed by atoms with Crippen LogP contribution in [0.15, 0.2) is 41.5 Å². The third kappa shape index (κ3) is 16.9. The SMILES string of the molecule is Clc1ccc(OCCCBr)c(Cl)c1.[N-]=[N+]=NCCCOc1ccc(Cl)cc1Cl.[N-]=[N+]=[N-].[Na+]. The van der Waals surface area contributed by atoms with Crippen molar-refractivity contribution in [2.45, 2.75) is 12.8 Å². The number of halogens is 5. The molecular weight excluding hydrogens is 577 g/mol. The molecule has 2 aromatic carbocycles. The van der Waals surface area contributed by atoms with Gasteiger partial charge in [-0.15, -0.1) is 0 Å². The molecule has 0 aromatic heterocycles. The van der Waals surface area contributed by atoms with E-state index in [9.17, 15) is 0 Å². The van der Waals surface area contributed by atoms with E-state index >= 15 is 0 Å². The second-order valence-electron chi connectivity index (χ2n) is 5.29. The van der Waals surface area contributed by atoms with Crippen molar-refractivity contribution in [3.05, 3.63) is 82.9 Å². The van der Waals surface area contributed by atoms with Gasteiger partial charge in [0.25, 0.3) is 0 Å². The van der Waals surface area contributed by atoms with Gasteiger partial charge in [-0.3, -0.25) is 4.91 Å². The number of alkyl halides is 1. The van der Waals surface area contributed by atoms with E-state index in [0.29, 0.717) is 57.8 Å². The maximum atomic E-state index is 8.04. The first-order valence-electron chi connectivity index (χ1n) is 8.60. The zero-order valence-corrected chi connectivity index (χ0v) is 23.7. The summed E-state index contributed by atoms with van der Waals surface area (Å²) in [7, 11) is 0. The van der Waals surface area contributed by atoms with Gasteiger partial charge in [0.1, 0.15) is 11.5 Å². The molecule has 0 N–H and O–H groups in total. The van der Waals surface area contributed by atoms with Crippen LogP contribution in [0.3, 0.4) is 0 Å². The fourth-order valence-electron chi connectivity index (χ4n) is 1.78. The van der Waals surface area contributed by atoms with Gasteiger partial charge in [0.05, 0.1) is 23.3 Å². The Hall–Kier alpha value is -0.700. The first-order valence-corrected chi connectivity index (χ1v) is 11.2. The molecule has 0 unspecified atom stereocenters. The van der Waals surface area contributed by atoms with Gasteiger partial charge in [0.2, 0.25) is 0 Å². The molecule has 0 saturated heterocycles. The van der Waals surface area contributed by atoms with Crippen molar-refractivity contribution in [3.63, 3.8) is 0 Å². The third-order valence-corrected chi connectivity index (χ3v) is 4.67. The van der Waals surface area contributed by atoms with E-state index in [1.54, 1.807) is 36.4 Å². The average Bonchev–Trinajstić information content (AvgIpc) is 2.72. The van der Waals surface area contributed by atoms with E-state index in [1.807, 2.05) is 0 Å². The van der Waals surface area contributed by atoms with Crippen LogP contribution < -0.4 is 39.0 Å². The van der Waals surface area contributed by atoms with Crippen molar-refractivity contribution in [1.82, 2.24) is 0 Å². The molecule has 0 bridgehead atoms. The minimum Gasteiger partial charge on any atom is -0.492 e. The summed E-state index contributed by atoms with van der Waals surface area (Å²) in [5, 5.41) is 6.54. The Labute approximate surface area is 236 Å². The normalized spacial score (nSPS) is 8.78. The third-order valence-electron chi connectivity index (χ3n) is 3.05. The number of benzene rings is 2. The predicted octanol–water partition coefficient (Wildman–Crippen LogP) is 6.10. The van der Waals surface area contributed by atoms with Crippen LogP contribution >= 0.6 is 62.3 Å². The molecule has 0 heterocycles. The Bertz CT molecular complexity index is 885. The Balaban J connectivity index is 0. The van der Waals surface area contributed by atoms with E-state index in [0.717, 1.165) is 11.8 Å². The van der Waals surface area contributed by atoms with Crippen molar-refractivity contribution in [2.75, 3.05) is 25.1 Å². The second-order valence-corrected chi connectivity index (χ2v) is 7.77. The molecule has 0 aliphatic rings. The smallest absolute Gasteiger partial charge is 0.492 e. The van der Waals surface area contributed by atoms with Crippen LogP contribution in [0.2, 0.25) is 20.1 Å². The maximum Gasteiger partial charge on any atom is 1.00 e. The van der Waals surface area contributed by atoms with Gasteiger partial charge in [-0.1, -0.05) is 67.4 Å². The van der Waals surface area contributed by atoms with Gasteiger partial charge in [-0.2, -0.15) is 0 Å². The van der Waals surface area contributed by atoms with Crippen molar-refractivity contribution in [2.24, 2.45) is 5.11 Å². The molecule has 0 radical (unpaired) electrons. The molecule has 2 aromatic rings. The van der Waals surface area contributed by atoms with Crippen LogP contribution in [0.25, 0.3) is 26.4 Å². The first-order chi connectivity index (χ1) is 14.9. The van der Waals surface area contributed by atoms with Crippen LogP contribution in [0.1, 0.15) is 12.8 Å². The van der Waals surface area contributed by atoms with Crippen molar-refractivity contribution in [1.29, 1.82) is 0 Å². The summed E-state index contributed by atoms with van der Waals surface area (Å²) < 4.78 is 10.8. The van der Waals surface area contributed by atoms with Crippen molar-refractivity contribution in [3.8, 4) is 11.5 Å². The number of rotatable bonds is 9. The quantitative estimate of drug-likeness (QED) is 0.0868. The Morgan fingerprint density at radius 1 is 0.812 bits per heavy atom. The van der Waals surface area contributed by atoms with Gasteiger partial charge in [-0.25, -0.2) is 0 Å². The predicted molar refractivity (Wildman–Crippen MR) is 131 cm³/mol. The fourth-order valence-corrected chi connectivity index (χ4v) is 2.94. The topological polar surface area (TPSA) is 126 Å². The van der Waals surface area contributed by atoms with Gasteiger partial charge in [0, 0.05) is 26.8 Å². The number of hydrogen-bond donors (Lipinski definition) is 0. The van der Waals surface area contributed by atoms with Crippen LogP contribution in [0.4, 0.5) is 0 Å². The molecule has 8 nitrogen and oxygen atoms in total. The summed E-state index contributed by atoms with van der Waals surface area (Å²) in [6.45, 7) is 1.54. The molecule has 0 fully saturated rings. The number of nitrogens with zero attached hydrogens (tertiary/aromatic N) is 6. The van der Waals surface area contributed by atoms with Gasteiger partial charge in [-0.05, 0) is 54.8 Å². The van der Waals surface area contributed by atoms with Crippen molar-refractivity contribution >= 4 is 62.3 Å². The van der Waals surface area contributed by atoms with Crippen LogP contribution in [0, 0.1) is 0 Å². The molecule has 0 atom stereocenters. The summed E-state index contributed by atoms with van der Waals surface area (Å²) in [6, 6.07) is 10.2. The summed E-state index contributed by atoms with van der Waals surface area (Å²) in [6.07, 6.45) is 1.61. The second kappa shape index (κ2) is 22.1. The summed E-state index contributed by atoms with van der Waals surface area (Å²) in [5.74, 6) is 1.27. The first kappa shape index (κ1) is 33.5. The minimum atomic E-state index is 0. The minimum absolute atomic E-state index is 0. The standard InChI is InChI=1S/C9H9BrCl2O.C9H9Cl2N3O.N3.Na/c10-4-1-5-13-9-3-2-7(11)6-8(9)12;10-7-2-3-9(8(11)6-7)15-5-1-4-13-14-12;1-3-2;/h2-3,6H,1,4-5H2;2-3,6H,1,4-5H2;;/q;;-1;+1. The summed E-state index contributed by atoms with van der Waals surface area (Å²) >= 11 is 26.5. The van der Waals surface area contributed by atoms with Crippen LogP contribution in [-0.2, 0) is 0 Å². The van der Waals surface area contributed by atoms with E-state index in [-0.39, 0.29) is 29.6 Å². The van der Waals surface area contributed by atoms with Crippen LogP contribution in [-0.4, -0.2) is 25.1 Å². The van der Waals surface area contributed by atoms with E-state index in [1.165, 1.54) is 4.91 Å². The van der Waals surface area contributed by atoms with Crippen LogP contribution in [0.5, 0.6) is 11.5 Å². The number of hydrogen-bond acceptors (Lipinski definition) is 3. The zero-order chi connectivity index (χ0) is 23.5. The average molecular weight is 595 g/mol. The molecule has 2 rings (SSSR count). The molecule has 32 heavy (non-hydrogen) atoms.